The summed E-state index contributed by atoms with van der Waals surface area (Å²) in [5.74, 6) is 0.615. The number of nitrogens with zero attached hydrogens (tertiary/aromatic N) is 3. The van der Waals surface area contributed by atoms with Crippen LogP contribution >= 0.6 is 11.6 Å². The molecular weight excluding hydrogens is 364 g/mol. The minimum absolute atomic E-state index is 0.0219. The summed E-state index contributed by atoms with van der Waals surface area (Å²) < 4.78 is 14.2. The van der Waals surface area contributed by atoms with Crippen molar-refractivity contribution in [1.82, 2.24) is 19.7 Å². The highest BCUT2D eigenvalue weighted by Crippen LogP contribution is 2.35. The number of fused-ring (bicyclic) bond motifs is 1. The van der Waals surface area contributed by atoms with E-state index in [1.807, 2.05) is 40.9 Å². The van der Waals surface area contributed by atoms with E-state index in [4.69, 9.17) is 26.1 Å². The minimum Gasteiger partial charge on any atom is -0.472 e. The van der Waals surface area contributed by atoms with E-state index in [9.17, 15) is 0 Å². The molecule has 2 aliphatic heterocycles. The summed E-state index contributed by atoms with van der Waals surface area (Å²) >= 11 is 6.14. The van der Waals surface area contributed by atoms with Crippen molar-refractivity contribution < 1.29 is 9.47 Å². The SMILES string of the molecule is Clc1ccc2ncc(-c3cccc(OC4COC5(CCNCC5)C4)n3)n2c1. The van der Waals surface area contributed by atoms with E-state index in [-0.39, 0.29) is 11.7 Å². The topological polar surface area (TPSA) is 60.7 Å². The minimum atomic E-state index is -0.0219. The number of halogens is 1. The molecule has 1 spiro atoms. The molecule has 1 N–H and O–H groups in total. The zero-order valence-electron chi connectivity index (χ0n) is 14.9. The van der Waals surface area contributed by atoms with Crippen LogP contribution in [0.3, 0.4) is 0 Å². The maximum Gasteiger partial charge on any atom is 0.214 e. The van der Waals surface area contributed by atoms with E-state index in [0.29, 0.717) is 17.5 Å². The van der Waals surface area contributed by atoms with Crippen molar-refractivity contribution in [2.45, 2.75) is 31.0 Å². The number of ether oxygens (including phenoxy) is 2. The first-order valence-electron chi connectivity index (χ1n) is 9.32. The Morgan fingerprint density at radius 3 is 3.00 bits per heavy atom. The van der Waals surface area contributed by atoms with Gasteiger partial charge >= 0.3 is 0 Å². The molecular formula is C20H21ClN4O2. The molecule has 5 heterocycles. The Morgan fingerprint density at radius 1 is 1.22 bits per heavy atom. The van der Waals surface area contributed by atoms with Crippen LogP contribution in [0.25, 0.3) is 17.0 Å². The Bertz CT molecular complexity index is 968. The number of hydrogen-bond acceptors (Lipinski definition) is 5. The van der Waals surface area contributed by atoms with Crippen LogP contribution in [-0.2, 0) is 4.74 Å². The fourth-order valence-electron chi connectivity index (χ4n) is 4.05. The molecule has 6 nitrogen and oxygen atoms in total. The van der Waals surface area contributed by atoms with E-state index >= 15 is 0 Å². The number of nitrogens with one attached hydrogen (secondary N) is 1. The second-order valence-electron chi connectivity index (χ2n) is 7.27. The highest BCUT2D eigenvalue weighted by atomic mass is 35.5. The summed E-state index contributed by atoms with van der Waals surface area (Å²) in [5.41, 5.74) is 2.50. The summed E-state index contributed by atoms with van der Waals surface area (Å²) in [6.07, 6.45) is 6.71. The Kier molecular flexibility index (Phi) is 4.27. The predicted octanol–water partition coefficient (Wildman–Crippen LogP) is 3.34. The molecule has 2 fully saturated rings. The Morgan fingerprint density at radius 2 is 2.11 bits per heavy atom. The number of rotatable bonds is 3. The van der Waals surface area contributed by atoms with Crippen LogP contribution in [0.4, 0.5) is 0 Å². The Labute approximate surface area is 162 Å². The molecule has 3 aromatic rings. The molecule has 0 aromatic carbocycles. The first-order chi connectivity index (χ1) is 13.2. The van der Waals surface area contributed by atoms with Gasteiger partial charge in [0.1, 0.15) is 11.8 Å². The van der Waals surface area contributed by atoms with Crippen LogP contribution in [0.2, 0.25) is 5.02 Å². The van der Waals surface area contributed by atoms with Gasteiger partial charge in [0.2, 0.25) is 5.88 Å². The Balaban J connectivity index is 1.37. The summed E-state index contributed by atoms with van der Waals surface area (Å²) in [4.78, 5) is 9.12. The van der Waals surface area contributed by atoms with Crippen molar-refractivity contribution in [3.63, 3.8) is 0 Å². The number of hydrogen-bond donors (Lipinski definition) is 1. The molecule has 0 aliphatic carbocycles. The van der Waals surface area contributed by atoms with Crippen LogP contribution in [0.5, 0.6) is 5.88 Å². The third-order valence-corrected chi connectivity index (χ3v) is 5.66. The molecule has 2 aliphatic rings. The molecule has 5 rings (SSSR count). The van der Waals surface area contributed by atoms with Crippen LogP contribution < -0.4 is 10.1 Å². The van der Waals surface area contributed by atoms with Crippen LogP contribution in [0.15, 0.2) is 42.7 Å². The molecule has 0 bridgehead atoms. The number of pyridine rings is 2. The maximum absolute atomic E-state index is 6.17. The smallest absolute Gasteiger partial charge is 0.214 e. The summed E-state index contributed by atoms with van der Waals surface area (Å²) in [5, 5.41) is 4.05. The van der Waals surface area contributed by atoms with E-state index in [2.05, 4.69) is 10.3 Å². The molecule has 3 aromatic heterocycles. The second-order valence-corrected chi connectivity index (χ2v) is 7.70. The molecule has 27 heavy (non-hydrogen) atoms. The quantitative estimate of drug-likeness (QED) is 0.750. The van der Waals surface area contributed by atoms with Gasteiger partial charge in [0.05, 0.1) is 34.8 Å². The number of aromatic nitrogens is 3. The van der Waals surface area contributed by atoms with Gasteiger partial charge in [-0.15, -0.1) is 0 Å². The van der Waals surface area contributed by atoms with E-state index in [0.717, 1.165) is 49.4 Å². The average Bonchev–Trinajstić information content (AvgIpc) is 3.27. The number of piperidine rings is 1. The average molecular weight is 385 g/mol. The zero-order valence-corrected chi connectivity index (χ0v) is 15.7. The van der Waals surface area contributed by atoms with Crippen LogP contribution in [0.1, 0.15) is 19.3 Å². The van der Waals surface area contributed by atoms with Crippen molar-refractivity contribution in [2.24, 2.45) is 0 Å². The molecule has 2 saturated heterocycles. The normalized spacial score (nSPS) is 21.7. The van der Waals surface area contributed by atoms with E-state index < -0.39 is 0 Å². The van der Waals surface area contributed by atoms with Gasteiger partial charge in [0.25, 0.3) is 0 Å². The largest absolute Gasteiger partial charge is 0.472 e. The maximum atomic E-state index is 6.17. The highest BCUT2D eigenvalue weighted by molar-refractivity contribution is 6.30. The summed E-state index contributed by atoms with van der Waals surface area (Å²) in [7, 11) is 0. The Hall–Kier alpha value is -2.15. The van der Waals surface area contributed by atoms with Crippen molar-refractivity contribution in [1.29, 1.82) is 0 Å². The van der Waals surface area contributed by atoms with Gasteiger partial charge in [0, 0.05) is 18.7 Å². The third-order valence-electron chi connectivity index (χ3n) is 5.43. The van der Waals surface area contributed by atoms with Gasteiger partial charge in [-0.25, -0.2) is 9.97 Å². The molecule has 7 heteroatoms. The summed E-state index contributed by atoms with van der Waals surface area (Å²) in [6.45, 7) is 2.64. The van der Waals surface area contributed by atoms with Gasteiger partial charge in [-0.2, -0.15) is 0 Å². The van der Waals surface area contributed by atoms with E-state index in [1.165, 1.54) is 0 Å². The molecule has 1 atom stereocenters. The van der Waals surface area contributed by atoms with Crippen molar-refractivity contribution in [3.8, 4) is 17.3 Å². The lowest BCUT2D eigenvalue weighted by atomic mass is 9.89. The first-order valence-corrected chi connectivity index (χ1v) is 9.70. The molecule has 140 valence electrons. The molecule has 1 unspecified atom stereocenters. The van der Waals surface area contributed by atoms with Gasteiger partial charge in [-0.3, -0.25) is 4.40 Å². The van der Waals surface area contributed by atoms with E-state index in [1.54, 1.807) is 6.20 Å². The molecule has 0 radical (unpaired) electrons. The van der Waals surface area contributed by atoms with Crippen molar-refractivity contribution in [2.75, 3.05) is 19.7 Å². The summed E-state index contributed by atoms with van der Waals surface area (Å²) in [6, 6.07) is 9.53. The van der Waals surface area contributed by atoms with Gasteiger partial charge in [-0.05, 0) is 44.1 Å². The lowest BCUT2D eigenvalue weighted by molar-refractivity contribution is -0.0205. The molecule has 0 amide bonds. The lowest BCUT2D eigenvalue weighted by Crippen LogP contribution is -2.41. The zero-order chi connectivity index (χ0) is 18.3. The number of imidazole rings is 1. The standard InChI is InChI=1S/C20H21ClN4O2/c21-14-4-5-18-23-11-17(25(18)12-14)16-2-1-3-19(24-16)27-15-10-20(26-13-15)6-8-22-9-7-20/h1-5,11-12,15,22H,6-10,13H2. The van der Waals surface area contributed by atoms with Gasteiger partial charge in [-0.1, -0.05) is 17.7 Å². The predicted molar refractivity (Wildman–Crippen MR) is 103 cm³/mol. The fraction of sp³-hybridized carbons (Fsp3) is 0.400. The monoisotopic (exact) mass is 384 g/mol. The second kappa shape index (κ2) is 6.78. The van der Waals surface area contributed by atoms with Gasteiger partial charge in [0.15, 0.2) is 0 Å². The highest BCUT2D eigenvalue weighted by Gasteiger charge is 2.42. The van der Waals surface area contributed by atoms with Crippen molar-refractivity contribution in [3.05, 3.63) is 47.7 Å². The lowest BCUT2D eigenvalue weighted by Gasteiger charge is -2.32. The fourth-order valence-corrected chi connectivity index (χ4v) is 4.21. The van der Waals surface area contributed by atoms with Crippen LogP contribution in [0, 0.1) is 0 Å². The molecule has 0 saturated carbocycles. The van der Waals surface area contributed by atoms with Crippen LogP contribution in [-0.4, -0.2) is 45.8 Å². The van der Waals surface area contributed by atoms with Crippen molar-refractivity contribution >= 4 is 17.2 Å². The third kappa shape index (κ3) is 3.29. The van der Waals surface area contributed by atoms with Gasteiger partial charge < -0.3 is 14.8 Å². The first kappa shape index (κ1) is 17.0.